The van der Waals surface area contributed by atoms with Crippen LogP contribution in [0.3, 0.4) is 0 Å². The van der Waals surface area contributed by atoms with E-state index < -0.39 is 5.41 Å². The zero-order valence-electron chi connectivity index (χ0n) is 17.1. The summed E-state index contributed by atoms with van der Waals surface area (Å²) in [6.07, 6.45) is 2.41. The number of nitrogens with one attached hydrogen (secondary N) is 1. The van der Waals surface area contributed by atoms with Crippen LogP contribution in [-0.4, -0.2) is 29.3 Å². The Morgan fingerprint density at radius 3 is 2.04 bits per heavy atom. The van der Waals surface area contributed by atoms with Crippen molar-refractivity contribution in [2.45, 2.75) is 57.0 Å². The first-order valence-corrected chi connectivity index (χ1v) is 9.94. The maximum atomic E-state index is 12.2. The van der Waals surface area contributed by atoms with E-state index in [0.29, 0.717) is 12.8 Å². The fraction of sp³-hybridized carbons (Fsp3) is 0.417. The van der Waals surface area contributed by atoms with Crippen molar-refractivity contribution < 1.29 is 9.59 Å². The van der Waals surface area contributed by atoms with E-state index >= 15 is 0 Å². The summed E-state index contributed by atoms with van der Waals surface area (Å²) in [5.41, 5.74) is 1.88. The first-order valence-electron chi connectivity index (χ1n) is 9.94. The van der Waals surface area contributed by atoms with Gasteiger partial charge in [0, 0.05) is 30.3 Å². The van der Waals surface area contributed by atoms with Crippen LogP contribution in [0.15, 0.2) is 60.7 Å². The Labute approximate surface area is 167 Å². The summed E-state index contributed by atoms with van der Waals surface area (Å²) in [4.78, 5) is 26.8. The predicted molar refractivity (Wildman–Crippen MR) is 112 cm³/mol. The van der Waals surface area contributed by atoms with Crippen molar-refractivity contribution in [2.75, 3.05) is 7.05 Å². The van der Waals surface area contributed by atoms with Gasteiger partial charge in [0.15, 0.2) is 0 Å². The second kappa shape index (κ2) is 8.27. The molecule has 1 N–H and O–H groups in total. The van der Waals surface area contributed by atoms with Crippen molar-refractivity contribution in [1.82, 2.24) is 10.2 Å². The molecule has 2 aromatic rings. The van der Waals surface area contributed by atoms with Gasteiger partial charge in [0.25, 0.3) is 0 Å². The summed E-state index contributed by atoms with van der Waals surface area (Å²) in [6.45, 7) is 5.34. The second-order valence-electron chi connectivity index (χ2n) is 8.63. The Hall–Kier alpha value is -2.46. The van der Waals surface area contributed by atoms with Crippen LogP contribution in [0.5, 0.6) is 0 Å². The van der Waals surface area contributed by atoms with Gasteiger partial charge in [-0.3, -0.25) is 19.8 Å². The number of hydrogen-bond acceptors (Lipinski definition) is 3. The molecule has 0 bridgehead atoms. The van der Waals surface area contributed by atoms with Crippen LogP contribution in [0.1, 0.15) is 50.7 Å². The van der Waals surface area contributed by atoms with Gasteiger partial charge >= 0.3 is 0 Å². The van der Waals surface area contributed by atoms with E-state index in [2.05, 4.69) is 55.4 Å². The van der Waals surface area contributed by atoms with E-state index in [1.807, 2.05) is 36.4 Å². The first-order chi connectivity index (χ1) is 13.3. The van der Waals surface area contributed by atoms with Gasteiger partial charge in [0.2, 0.25) is 11.8 Å². The predicted octanol–water partition coefficient (Wildman–Crippen LogP) is 4.05. The van der Waals surface area contributed by atoms with Crippen LogP contribution in [0, 0.1) is 0 Å². The topological polar surface area (TPSA) is 49.4 Å². The molecule has 4 nitrogen and oxygen atoms in total. The van der Waals surface area contributed by atoms with Crippen LogP contribution in [0.4, 0.5) is 0 Å². The van der Waals surface area contributed by atoms with Crippen LogP contribution in [-0.2, 0) is 21.5 Å². The van der Waals surface area contributed by atoms with E-state index in [1.54, 1.807) is 0 Å². The number of piperidine rings is 1. The Balaban J connectivity index is 1.77. The third kappa shape index (κ3) is 4.68. The fourth-order valence-electron chi connectivity index (χ4n) is 4.05. The molecule has 0 aliphatic carbocycles. The van der Waals surface area contributed by atoms with Gasteiger partial charge in [0.1, 0.15) is 0 Å². The average Bonchev–Trinajstić information content (AvgIpc) is 2.67. The van der Waals surface area contributed by atoms with Gasteiger partial charge in [-0.1, -0.05) is 60.7 Å². The van der Waals surface area contributed by atoms with Crippen LogP contribution in [0.2, 0.25) is 0 Å². The molecule has 4 heteroatoms. The maximum Gasteiger partial charge on any atom is 0.227 e. The van der Waals surface area contributed by atoms with Crippen molar-refractivity contribution in [3.63, 3.8) is 0 Å². The smallest absolute Gasteiger partial charge is 0.227 e. The largest absolute Gasteiger partial charge is 0.297 e. The lowest BCUT2D eigenvalue weighted by Crippen LogP contribution is -2.49. The highest BCUT2D eigenvalue weighted by atomic mass is 16.2. The van der Waals surface area contributed by atoms with Crippen LogP contribution >= 0.6 is 0 Å². The Morgan fingerprint density at radius 2 is 1.46 bits per heavy atom. The molecule has 2 aromatic carbocycles. The Kier molecular flexibility index (Phi) is 5.99. The van der Waals surface area contributed by atoms with Gasteiger partial charge in [0.05, 0.1) is 0 Å². The molecule has 28 heavy (non-hydrogen) atoms. The normalized spacial score (nSPS) is 16.9. The van der Waals surface area contributed by atoms with Gasteiger partial charge in [-0.15, -0.1) is 0 Å². The van der Waals surface area contributed by atoms with Crippen LogP contribution < -0.4 is 5.32 Å². The average molecular weight is 379 g/mol. The minimum Gasteiger partial charge on any atom is -0.297 e. The number of imide groups is 1. The molecular formula is C24H30N2O2. The molecule has 2 amide bonds. The van der Waals surface area contributed by atoms with Gasteiger partial charge < -0.3 is 0 Å². The molecule has 0 aromatic heterocycles. The number of nitrogens with zero attached hydrogens (tertiary/aromatic N) is 1. The lowest BCUT2D eigenvalue weighted by molar-refractivity contribution is -0.136. The minimum atomic E-state index is -0.425. The third-order valence-electron chi connectivity index (χ3n) is 6.17. The van der Waals surface area contributed by atoms with Crippen molar-refractivity contribution in [1.29, 1.82) is 0 Å². The van der Waals surface area contributed by atoms with E-state index in [1.165, 1.54) is 5.56 Å². The molecule has 1 saturated heterocycles. The van der Waals surface area contributed by atoms with Crippen molar-refractivity contribution in [3.8, 4) is 0 Å². The first kappa shape index (κ1) is 20.3. The molecule has 1 aliphatic rings. The molecular weight excluding hydrogens is 348 g/mol. The standard InChI is InChI=1S/C24H30N2O2/c1-23(2,26(3)18-19-10-6-4-7-11-19)14-15-24(20-12-8-5-9-13-20)16-21(27)25-22(28)17-24/h4-13H,14-18H2,1-3H3,(H,25,27,28). The number of amides is 2. The monoisotopic (exact) mass is 378 g/mol. The molecule has 3 rings (SSSR count). The molecule has 1 heterocycles. The molecule has 0 atom stereocenters. The SMILES string of the molecule is CN(Cc1ccccc1)C(C)(C)CCC1(c2ccccc2)CC(=O)NC(=O)C1. The highest BCUT2D eigenvalue weighted by Crippen LogP contribution is 2.40. The highest BCUT2D eigenvalue weighted by Gasteiger charge is 2.42. The number of benzene rings is 2. The minimum absolute atomic E-state index is 0.0609. The van der Waals surface area contributed by atoms with E-state index in [9.17, 15) is 9.59 Å². The lowest BCUT2D eigenvalue weighted by Gasteiger charge is -2.42. The molecule has 0 radical (unpaired) electrons. The molecule has 0 saturated carbocycles. The number of carbonyl (C=O) groups excluding carboxylic acids is 2. The summed E-state index contributed by atoms with van der Waals surface area (Å²) < 4.78 is 0. The van der Waals surface area contributed by atoms with Crippen molar-refractivity contribution >= 4 is 11.8 Å². The molecule has 1 aliphatic heterocycles. The zero-order chi connectivity index (χ0) is 20.2. The number of hydrogen-bond donors (Lipinski definition) is 1. The third-order valence-corrected chi connectivity index (χ3v) is 6.17. The zero-order valence-corrected chi connectivity index (χ0v) is 17.1. The van der Waals surface area contributed by atoms with E-state index in [4.69, 9.17) is 0 Å². The fourth-order valence-corrected chi connectivity index (χ4v) is 4.05. The maximum absolute atomic E-state index is 12.2. The van der Waals surface area contributed by atoms with Gasteiger partial charge in [-0.25, -0.2) is 0 Å². The van der Waals surface area contributed by atoms with Crippen LogP contribution in [0.25, 0.3) is 0 Å². The molecule has 0 spiro atoms. The van der Waals surface area contributed by atoms with Gasteiger partial charge in [-0.2, -0.15) is 0 Å². The van der Waals surface area contributed by atoms with Gasteiger partial charge in [-0.05, 0) is 44.9 Å². The quantitative estimate of drug-likeness (QED) is 0.740. The number of carbonyl (C=O) groups is 2. The number of rotatable bonds is 7. The molecule has 148 valence electrons. The second-order valence-corrected chi connectivity index (χ2v) is 8.63. The summed E-state index contributed by atoms with van der Waals surface area (Å²) in [6, 6.07) is 20.5. The van der Waals surface area contributed by atoms with E-state index in [-0.39, 0.29) is 17.4 Å². The summed E-state index contributed by atoms with van der Waals surface area (Å²) in [5, 5.41) is 2.47. The van der Waals surface area contributed by atoms with E-state index in [0.717, 1.165) is 24.9 Å². The Morgan fingerprint density at radius 1 is 0.929 bits per heavy atom. The lowest BCUT2D eigenvalue weighted by atomic mass is 9.68. The van der Waals surface area contributed by atoms with Crippen molar-refractivity contribution in [3.05, 3.63) is 71.8 Å². The molecule has 1 fully saturated rings. The molecule has 0 unspecified atom stereocenters. The summed E-state index contributed by atoms with van der Waals surface area (Å²) in [7, 11) is 2.14. The van der Waals surface area contributed by atoms with Crippen molar-refractivity contribution in [2.24, 2.45) is 0 Å². The summed E-state index contributed by atoms with van der Waals surface area (Å²) >= 11 is 0. The summed E-state index contributed by atoms with van der Waals surface area (Å²) in [5.74, 6) is -0.342. The Bertz CT molecular complexity index is 799. The highest BCUT2D eigenvalue weighted by molar-refractivity contribution is 5.99.